The van der Waals surface area contributed by atoms with Crippen LogP contribution in [0.1, 0.15) is 361 Å². The normalized spacial score (nSPS) is 13.1. The van der Waals surface area contributed by atoms with Crippen molar-refractivity contribution in [2.24, 2.45) is 0 Å². The van der Waals surface area contributed by atoms with Crippen molar-refractivity contribution in [3.63, 3.8) is 0 Å². The summed E-state index contributed by atoms with van der Waals surface area (Å²) in [7, 11) is 0. The molecule has 1 amide bonds. The van der Waals surface area contributed by atoms with Crippen molar-refractivity contribution in [1.29, 1.82) is 0 Å². The lowest BCUT2D eigenvalue weighted by atomic mass is 10.0. The van der Waals surface area contributed by atoms with Crippen LogP contribution in [0.25, 0.3) is 0 Å². The van der Waals surface area contributed by atoms with E-state index in [1.165, 1.54) is 302 Å². The van der Waals surface area contributed by atoms with Gasteiger partial charge >= 0.3 is 0 Å². The molecule has 0 radical (unpaired) electrons. The highest BCUT2D eigenvalue weighted by Gasteiger charge is 2.21. The van der Waals surface area contributed by atoms with Crippen LogP contribution < -0.4 is 5.32 Å². The van der Waals surface area contributed by atoms with Crippen LogP contribution in [0.4, 0.5) is 0 Å². The van der Waals surface area contributed by atoms with Crippen LogP contribution in [-0.4, -0.2) is 46.1 Å². The largest absolute Gasteiger partial charge is 0.394 e. The third-order valence-corrected chi connectivity index (χ3v) is 14.9. The van der Waals surface area contributed by atoms with E-state index >= 15 is 0 Å². The highest BCUT2D eigenvalue weighted by molar-refractivity contribution is 5.76. The van der Waals surface area contributed by atoms with Crippen LogP contribution in [0.15, 0.2) is 0 Å². The van der Waals surface area contributed by atoms with E-state index in [-0.39, 0.29) is 18.9 Å². The molecule has 0 saturated carbocycles. The number of aliphatic hydroxyl groups is 3. The number of carbonyl (C=O) groups is 1. The van der Waals surface area contributed by atoms with E-state index in [1.54, 1.807) is 0 Å². The maximum absolute atomic E-state index is 12.6. The highest BCUT2D eigenvalue weighted by atomic mass is 16.3. The third kappa shape index (κ3) is 52.7. The van der Waals surface area contributed by atoms with Gasteiger partial charge in [-0.1, -0.05) is 341 Å². The van der Waals surface area contributed by atoms with Gasteiger partial charge in [0.05, 0.1) is 31.3 Å². The molecule has 0 aliphatic carbocycles. The van der Waals surface area contributed by atoms with E-state index < -0.39 is 18.2 Å². The Bertz CT molecular complexity index is 898. The SMILES string of the molecule is CCCCCCCCCCCCCCCCCCCCCCCCCCCCCC(O)CC(=O)NC(CO)C(O)CCCCCCCCCCCCCCCCCCCCCCCCCC. The molecule has 0 saturated heterocycles. The Morgan fingerprint density at radius 1 is 0.318 bits per heavy atom. The molecule has 0 aliphatic heterocycles. The zero-order valence-electron chi connectivity index (χ0n) is 45.4. The van der Waals surface area contributed by atoms with Crippen molar-refractivity contribution >= 4 is 5.91 Å². The lowest BCUT2D eigenvalue weighted by molar-refractivity contribution is -0.125. The van der Waals surface area contributed by atoms with Gasteiger partial charge in [0.15, 0.2) is 0 Å². The molecule has 3 atom stereocenters. The van der Waals surface area contributed by atoms with Crippen molar-refractivity contribution < 1.29 is 20.1 Å². The van der Waals surface area contributed by atoms with Crippen molar-refractivity contribution in [3.05, 3.63) is 0 Å². The number of hydrogen-bond acceptors (Lipinski definition) is 4. The molecule has 0 aromatic rings. The standard InChI is InChI=1S/C61H123NO4/c1-3-5-7-9-11-13-15-17-19-21-23-25-27-29-30-31-32-34-36-38-40-42-44-46-48-50-52-54-58(64)56-61(66)62-59(57-63)60(65)55-53-51-49-47-45-43-41-39-37-35-33-28-26-24-22-20-18-16-14-12-10-8-6-4-2/h58-60,63-65H,3-57H2,1-2H3,(H,62,66). The number of nitrogens with one attached hydrogen (secondary N) is 1. The van der Waals surface area contributed by atoms with Crippen molar-refractivity contribution in [1.82, 2.24) is 5.32 Å². The molecule has 5 nitrogen and oxygen atoms in total. The summed E-state index contributed by atoms with van der Waals surface area (Å²) in [6.07, 6.45) is 70.0. The molecule has 4 N–H and O–H groups in total. The zero-order chi connectivity index (χ0) is 47.9. The second kappa shape index (κ2) is 56.9. The molecule has 396 valence electrons. The van der Waals surface area contributed by atoms with Gasteiger partial charge in [0.2, 0.25) is 5.91 Å². The Balaban J connectivity index is 3.46. The van der Waals surface area contributed by atoms with Gasteiger partial charge in [0.1, 0.15) is 0 Å². The maximum atomic E-state index is 12.6. The smallest absolute Gasteiger partial charge is 0.222 e. The Labute approximate surface area is 415 Å². The molecule has 0 bridgehead atoms. The topological polar surface area (TPSA) is 89.8 Å². The van der Waals surface area contributed by atoms with E-state index in [0.717, 1.165) is 25.7 Å². The number of hydrogen-bond donors (Lipinski definition) is 4. The monoisotopic (exact) mass is 934 g/mol. The fraction of sp³-hybridized carbons (Fsp3) is 0.984. The number of carbonyl (C=O) groups excluding carboxylic acids is 1. The minimum atomic E-state index is -0.746. The van der Waals surface area contributed by atoms with Crippen LogP contribution in [0.2, 0.25) is 0 Å². The Hall–Kier alpha value is -0.650. The molecule has 3 unspecified atom stereocenters. The van der Waals surface area contributed by atoms with Gasteiger partial charge in [0, 0.05) is 0 Å². The number of aliphatic hydroxyl groups excluding tert-OH is 3. The summed E-state index contributed by atoms with van der Waals surface area (Å²) in [6, 6.07) is -0.655. The van der Waals surface area contributed by atoms with Crippen LogP contribution in [0.5, 0.6) is 0 Å². The molecule has 0 rings (SSSR count). The number of unbranched alkanes of at least 4 members (excludes halogenated alkanes) is 49. The quantitative estimate of drug-likeness (QED) is 0.0458. The first kappa shape index (κ1) is 65.3. The van der Waals surface area contributed by atoms with Crippen LogP contribution in [0.3, 0.4) is 0 Å². The van der Waals surface area contributed by atoms with Crippen LogP contribution in [-0.2, 0) is 4.79 Å². The van der Waals surface area contributed by atoms with E-state index in [1.807, 2.05) is 0 Å². The minimum Gasteiger partial charge on any atom is -0.394 e. The van der Waals surface area contributed by atoms with Gasteiger partial charge in [-0.05, 0) is 12.8 Å². The summed E-state index contributed by atoms with van der Waals surface area (Å²) in [4.78, 5) is 12.6. The van der Waals surface area contributed by atoms with Crippen molar-refractivity contribution in [2.75, 3.05) is 6.61 Å². The van der Waals surface area contributed by atoms with Gasteiger partial charge < -0.3 is 20.6 Å². The predicted molar refractivity (Wildman–Crippen MR) is 292 cm³/mol. The van der Waals surface area contributed by atoms with E-state index in [0.29, 0.717) is 12.8 Å². The Morgan fingerprint density at radius 2 is 0.515 bits per heavy atom. The zero-order valence-corrected chi connectivity index (χ0v) is 45.4. The summed E-state index contributed by atoms with van der Waals surface area (Å²) >= 11 is 0. The minimum absolute atomic E-state index is 0.0438. The summed E-state index contributed by atoms with van der Waals surface area (Å²) < 4.78 is 0. The molecular formula is C61H123NO4. The molecule has 0 spiro atoms. The van der Waals surface area contributed by atoms with Gasteiger partial charge in [-0.15, -0.1) is 0 Å². The second-order valence-corrected chi connectivity index (χ2v) is 21.7. The molecular weight excluding hydrogens is 811 g/mol. The van der Waals surface area contributed by atoms with E-state index in [4.69, 9.17) is 0 Å². The van der Waals surface area contributed by atoms with Crippen LogP contribution >= 0.6 is 0 Å². The van der Waals surface area contributed by atoms with Gasteiger partial charge in [-0.25, -0.2) is 0 Å². The molecule has 0 heterocycles. The third-order valence-electron chi connectivity index (χ3n) is 14.9. The molecule has 0 fully saturated rings. The summed E-state index contributed by atoms with van der Waals surface area (Å²) in [6.45, 7) is 4.32. The Morgan fingerprint density at radius 3 is 0.727 bits per heavy atom. The summed E-state index contributed by atoms with van der Waals surface area (Å²) in [5, 5.41) is 33.7. The second-order valence-electron chi connectivity index (χ2n) is 21.7. The first-order chi connectivity index (χ1) is 32.5. The molecule has 0 aromatic carbocycles. The first-order valence-corrected chi connectivity index (χ1v) is 30.8. The lowest BCUT2D eigenvalue weighted by Gasteiger charge is -2.23. The molecule has 5 heteroatoms. The molecule has 0 aliphatic rings. The average molecular weight is 935 g/mol. The lowest BCUT2D eigenvalue weighted by Crippen LogP contribution is -2.46. The molecule has 0 aromatic heterocycles. The maximum Gasteiger partial charge on any atom is 0.222 e. The Kier molecular flexibility index (Phi) is 56.4. The fourth-order valence-corrected chi connectivity index (χ4v) is 10.2. The number of rotatable bonds is 58. The van der Waals surface area contributed by atoms with Gasteiger partial charge in [-0.3, -0.25) is 4.79 Å². The van der Waals surface area contributed by atoms with Crippen molar-refractivity contribution in [3.8, 4) is 0 Å². The van der Waals surface area contributed by atoms with E-state index in [9.17, 15) is 20.1 Å². The molecule has 66 heavy (non-hydrogen) atoms. The van der Waals surface area contributed by atoms with Gasteiger partial charge in [0.25, 0.3) is 0 Å². The summed E-state index contributed by atoms with van der Waals surface area (Å²) in [5.41, 5.74) is 0. The van der Waals surface area contributed by atoms with Crippen LogP contribution in [0, 0.1) is 0 Å². The fourth-order valence-electron chi connectivity index (χ4n) is 10.2. The average Bonchev–Trinajstić information content (AvgIpc) is 3.31. The highest BCUT2D eigenvalue weighted by Crippen LogP contribution is 2.19. The van der Waals surface area contributed by atoms with E-state index in [2.05, 4.69) is 19.2 Å². The van der Waals surface area contributed by atoms with Crippen molar-refractivity contribution in [2.45, 2.75) is 379 Å². The predicted octanol–water partition coefficient (Wildman–Crippen LogP) is 19.3. The number of amides is 1. The summed E-state index contributed by atoms with van der Waals surface area (Å²) in [5.74, 6) is -0.273. The van der Waals surface area contributed by atoms with Gasteiger partial charge in [-0.2, -0.15) is 0 Å². The first-order valence-electron chi connectivity index (χ1n) is 30.8.